The standard InChI is InChI=1S/C17H15Cl3N2OS2/c1-23-15-5-3-11(9-14(15)20)21-17(24)22-6-7-25-16(22)12-4-2-10(18)8-13(12)19/h2-5,8-9,16H,6-7H2,1H3,(H,21,24). The summed E-state index contributed by atoms with van der Waals surface area (Å²) in [6, 6.07) is 11.0. The molecule has 0 aliphatic carbocycles. The fraction of sp³-hybridized carbons (Fsp3) is 0.235. The number of thiocarbonyl (C=S) groups is 1. The van der Waals surface area contributed by atoms with Crippen molar-refractivity contribution in [2.24, 2.45) is 0 Å². The monoisotopic (exact) mass is 432 g/mol. The lowest BCUT2D eigenvalue weighted by Gasteiger charge is -2.27. The van der Waals surface area contributed by atoms with Crippen LogP contribution < -0.4 is 10.1 Å². The normalized spacial score (nSPS) is 16.8. The number of thioether (sulfide) groups is 1. The summed E-state index contributed by atoms with van der Waals surface area (Å²) in [5.74, 6) is 1.59. The molecule has 3 nitrogen and oxygen atoms in total. The Morgan fingerprint density at radius 2 is 2.00 bits per heavy atom. The molecule has 0 saturated carbocycles. The molecule has 25 heavy (non-hydrogen) atoms. The van der Waals surface area contributed by atoms with Gasteiger partial charge in [0.05, 0.1) is 12.1 Å². The van der Waals surface area contributed by atoms with Crippen LogP contribution in [-0.2, 0) is 0 Å². The van der Waals surface area contributed by atoms with E-state index in [1.54, 1.807) is 37.1 Å². The molecule has 3 rings (SSSR count). The molecule has 8 heteroatoms. The molecule has 1 N–H and O–H groups in total. The number of ether oxygens (including phenoxy) is 1. The van der Waals surface area contributed by atoms with E-state index in [0.717, 1.165) is 23.5 Å². The van der Waals surface area contributed by atoms with Gasteiger partial charge in [0.15, 0.2) is 5.11 Å². The van der Waals surface area contributed by atoms with E-state index in [9.17, 15) is 0 Å². The predicted octanol–water partition coefficient (Wildman–Crippen LogP) is 6.10. The fourth-order valence-corrected chi connectivity index (χ4v) is 5.09. The third-order valence-corrected chi connectivity index (χ3v) is 6.22. The van der Waals surface area contributed by atoms with Crippen LogP contribution in [0.1, 0.15) is 10.9 Å². The van der Waals surface area contributed by atoms with Crippen LogP contribution in [0.5, 0.6) is 5.75 Å². The molecule has 2 aromatic rings. The third-order valence-electron chi connectivity index (χ3n) is 3.78. The van der Waals surface area contributed by atoms with Crippen molar-refractivity contribution in [3.63, 3.8) is 0 Å². The van der Waals surface area contributed by atoms with Crippen molar-refractivity contribution in [2.45, 2.75) is 5.37 Å². The number of halogens is 3. The molecule has 1 heterocycles. The van der Waals surface area contributed by atoms with Gasteiger partial charge < -0.3 is 15.0 Å². The van der Waals surface area contributed by atoms with Crippen LogP contribution in [0.25, 0.3) is 0 Å². The Labute approximate surface area is 171 Å². The van der Waals surface area contributed by atoms with E-state index in [1.807, 2.05) is 18.2 Å². The number of nitrogens with one attached hydrogen (secondary N) is 1. The summed E-state index contributed by atoms with van der Waals surface area (Å²) in [5.41, 5.74) is 1.82. The molecule has 1 saturated heterocycles. The Bertz CT molecular complexity index is 803. The number of anilines is 1. The largest absolute Gasteiger partial charge is 0.495 e. The van der Waals surface area contributed by atoms with Crippen LogP contribution in [-0.4, -0.2) is 29.4 Å². The first kappa shape index (κ1) is 18.9. The van der Waals surface area contributed by atoms with Gasteiger partial charge in [0.1, 0.15) is 11.1 Å². The maximum Gasteiger partial charge on any atom is 0.174 e. The molecule has 1 aliphatic rings. The van der Waals surface area contributed by atoms with Crippen molar-refractivity contribution in [3.05, 3.63) is 57.0 Å². The quantitative estimate of drug-likeness (QED) is 0.590. The highest BCUT2D eigenvalue weighted by atomic mass is 35.5. The number of nitrogens with zero attached hydrogens (tertiary/aromatic N) is 1. The Morgan fingerprint density at radius 3 is 2.68 bits per heavy atom. The summed E-state index contributed by atoms with van der Waals surface area (Å²) in [5, 5.41) is 5.72. The van der Waals surface area contributed by atoms with Gasteiger partial charge in [-0.3, -0.25) is 0 Å². The summed E-state index contributed by atoms with van der Waals surface area (Å²) in [7, 11) is 1.58. The highest BCUT2D eigenvalue weighted by molar-refractivity contribution is 7.99. The molecular weight excluding hydrogens is 419 g/mol. The topological polar surface area (TPSA) is 24.5 Å². The highest BCUT2D eigenvalue weighted by Gasteiger charge is 2.30. The number of rotatable bonds is 3. The van der Waals surface area contributed by atoms with Gasteiger partial charge in [-0.25, -0.2) is 0 Å². The molecule has 0 spiro atoms. The van der Waals surface area contributed by atoms with Crippen molar-refractivity contribution in [3.8, 4) is 5.75 Å². The lowest BCUT2D eigenvalue weighted by atomic mass is 10.2. The van der Waals surface area contributed by atoms with Crippen molar-refractivity contribution in [1.82, 2.24) is 4.90 Å². The maximum absolute atomic E-state index is 6.37. The van der Waals surface area contributed by atoms with E-state index >= 15 is 0 Å². The van der Waals surface area contributed by atoms with Gasteiger partial charge in [-0.1, -0.05) is 40.9 Å². The first-order valence-electron chi connectivity index (χ1n) is 7.47. The van der Waals surface area contributed by atoms with Crippen LogP contribution in [0.3, 0.4) is 0 Å². The van der Waals surface area contributed by atoms with E-state index in [1.165, 1.54) is 0 Å². The molecule has 1 unspecified atom stereocenters. The minimum absolute atomic E-state index is 0.0542. The lowest BCUT2D eigenvalue weighted by molar-refractivity contribution is 0.415. The van der Waals surface area contributed by atoms with Crippen molar-refractivity contribution in [1.29, 1.82) is 0 Å². The SMILES string of the molecule is COc1ccc(NC(=S)N2CCSC2c2ccc(Cl)cc2Cl)cc1Cl. The van der Waals surface area contributed by atoms with Gasteiger partial charge in [-0.05, 0) is 42.5 Å². The molecule has 0 bridgehead atoms. The fourth-order valence-electron chi connectivity index (χ4n) is 2.58. The van der Waals surface area contributed by atoms with Gasteiger partial charge in [0, 0.05) is 33.6 Å². The summed E-state index contributed by atoms with van der Waals surface area (Å²) in [4.78, 5) is 2.12. The van der Waals surface area contributed by atoms with Crippen molar-refractivity contribution >= 4 is 69.6 Å². The lowest BCUT2D eigenvalue weighted by Crippen LogP contribution is -2.34. The molecule has 1 aliphatic heterocycles. The summed E-state index contributed by atoms with van der Waals surface area (Å²) < 4.78 is 5.17. The van der Waals surface area contributed by atoms with Crippen LogP contribution in [0.15, 0.2) is 36.4 Å². The van der Waals surface area contributed by atoms with Gasteiger partial charge in [-0.15, -0.1) is 11.8 Å². The molecule has 1 atom stereocenters. The van der Waals surface area contributed by atoms with Gasteiger partial charge in [-0.2, -0.15) is 0 Å². The minimum atomic E-state index is 0.0542. The van der Waals surface area contributed by atoms with E-state index in [0.29, 0.717) is 25.9 Å². The second kappa shape index (κ2) is 8.23. The average Bonchev–Trinajstić information content (AvgIpc) is 3.04. The second-order valence-electron chi connectivity index (χ2n) is 5.36. The molecule has 2 aromatic carbocycles. The van der Waals surface area contributed by atoms with E-state index in [2.05, 4.69) is 10.2 Å². The zero-order valence-electron chi connectivity index (χ0n) is 13.3. The molecule has 0 radical (unpaired) electrons. The Kier molecular flexibility index (Phi) is 6.23. The van der Waals surface area contributed by atoms with Crippen LogP contribution in [0.4, 0.5) is 5.69 Å². The molecule has 1 fully saturated rings. The molecule has 132 valence electrons. The number of hydrogen-bond acceptors (Lipinski definition) is 3. The minimum Gasteiger partial charge on any atom is -0.495 e. The predicted molar refractivity (Wildman–Crippen MR) is 113 cm³/mol. The molecule has 0 aromatic heterocycles. The number of benzene rings is 2. The van der Waals surface area contributed by atoms with E-state index in [-0.39, 0.29) is 5.37 Å². The zero-order valence-corrected chi connectivity index (χ0v) is 17.2. The molecular formula is C17H15Cl3N2OS2. The van der Waals surface area contributed by atoms with Gasteiger partial charge >= 0.3 is 0 Å². The van der Waals surface area contributed by atoms with Crippen LogP contribution >= 0.6 is 58.8 Å². The smallest absolute Gasteiger partial charge is 0.174 e. The van der Waals surface area contributed by atoms with E-state index in [4.69, 9.17) is 51.8 Å². The zero-order chi connectivity index (χ0) is 18.0. The first-order valence-corrected chi connectivity index (χ1v) is 10.1. The Hall–Kier alpha value is -0.850. The third kappa shape index (κ3) is 4.29. The van der Waals surface area contributed by atoms with E-state index < -0.39 is 0 Å². The van der Waals surface area contributed by atoms with Crippen molar-refractivity contribution < 1.29 is 4.74 Å². The molecule has 0 amide bonds. The summed E-state index contributed by atoms with van der Waals surface area (Å²) in [6.45, 7) is 0.837. The maximum atomic E-state index is 6.37. The Balaban J connectivity index is 1.78. The van der Waals surface area contributed by atoms with Gasteiger partial charge in [0.2, 0.25) is 0 Å². The summed E-state index contributed by atoms with van der Waals surface area (Å²) >= 11 is 26.0. The number of hydrogen-bond donors (Lipinski definition) is 1. The van der Waals surface area contributed by atoms with Crippen LogP contribution in [0.2, 0.25) is 15.1 Å². The Morgan fingerprint density at radius 1 is 1.20 bits per heavy atom. The summed E-state index contributed by atoms with van der Waals surface area (Å²) in [6.07, 6.45) is 0. The highest BCUT2D eigenvalue weighted by Crippen LogP contribution is 2.42. The van der Waals surface area contributed by atoms with Gasteiger partial charge in [0.25, 0.3) is 0 Å². The first-order chi connectivity index (χ1) is 12.0. The average molecular weight is 434 g/mol. The van der Waals surface area contributed by atoms with Crippen LogP contribution in [0, 0.1) is 0 Å². The van der Waals surface area contributed by atoms with Crippen molar-refractivity contribution in [2.75, 3.05) is 24.7 Å². The second-order valence-corrected chi connectivity index (χ2v) is 8.19. The number of methoxy groups -OCH3 is 1.